The summed E-state index contributed by atoms with van der Waals surface area (Å²) in [6, 6.07) is 8.99. The van der Waals surface area contributed by atoms with E-state index in [0.717, 1.165) is 0 Å². The summed E-state index contributed by atoms with van der Waals surface area (Å²) in [6.45, 7) is 0. The van der Waals surface area contributed by atoms with E-state index in [1.165, 1.54) is 0 Å². The van der Waals surface area contributed by atoms with Crippen molar-refractivity contribution in [3.8, 4) is 0 Å². The fourth-order valence-electron chi connectivity index (χ4n) is 0.911. The van der Waals surface area contributed by atoms with Crippen LogP contribution in [0.15, 0.2) is 30.3 Å². The normalized spacial score (nSPS) is 15.4. The number of benzene rings is 1. The minimum absolute atomic E-state index is 0.424. The van der Waals surface area contributed by atoms with Gasteiger partial charge in [0.05, 0.1) is 0 Å². The SMILES string of the molecule is O=[SiH][Si](O)(O[SiH3])c1ccccc1. The number of hydrogen-bond donors (Lipinski definition) is 1. The summed E-state index contributed by atoms with van der Waals surface area (Å²) in [7, 11) is -3.80. The van der Waals surface area contributed by atoms with Gasteiger partial charge in [0.2, 0.25) is 0 Å². The summed E-state index contributed by atoms with van der Waals surface area (Å²) < 4.78 is 15.8. The monoisotopic (exact) mass is 214 g/mol. The maximum atomic E-state index is 10.8. The topological polar surface area (TPSA) is 46.5 Å². The summed E-state index contributed by atoms with van der Waals surface area (Å²) in [4.78, 5) is 9.78. The zero-order valence-electron chi connectivity index (χ0n) is 6.73. The molecule has 0 aromatic heterocycles. The molecule has 1 atom stereocenters. The Bertz CT molecular complexity index is 266. The van der Waals surface area contributed by atoms with Gasteiger partial charge in [-0.25, -0.2) is 0 Å². The van der Waals surface area contributed by atoms with Gasteiger partial charge in [-0.1, -0.05) is 30.3 Å². The number of rotatable bonds is 3. The molecule has 0 amide bonds. The molecule has 1 aromatic rings. The molecule has 0 aliphatic rings. The minimum atomic E-state index is -2.98. The average molecular weight is 214 g/mol. The quantitative estimate of drug-likeness (QED) is 0.587. The smallest absolute Gasteiger partial charge is 0.401 e. The first-order valence-corrected chi connectivity index (χ1v) is 8.47. The fourth-order valence-corrected chi connectivity index (χ4v) is 4.90. The maximum absolute atomic E-state index is 10.8. The molecule has 1 rings (SSSR count). The van der Waals surface area contributed by atoms with Crippen LogP contribution >= 0.6 is 0 Å². The fraction of sp³-hybridized carbons (Fsp3) is 0. The van der Waals surface area contributed by atoms with Crippen molar-refractivity contribution < 1.29 is 13.4 Å². The Morgan fingerprint density at radius 2 is 2.00 bits per heavy atom. The van der Waals surface area contributed by atoms with E-state index in [1.54, 1.807) is 12.1 Å². The summed E-state index contributed by atoms with van der Waals surface area (Å²) in [5.74, 6) is 0. The molecule has 12 heavy (non-hydrogen) atoms. The van der Waals surface area contributed by atoms with Crippen molar-refractivity contribution in [1.29, 1.82) is 0 Å². The third-order valence-corrected chi connectivity index (χ3v) is 9.71. The predicted octanol–water partition coefficient (Wildman–Crippen LogP) is -2.10. The van der Waals surface area contributed by atoms with Gasteiger partial charge < -0.3 is 13.4 Å². The molecule has 1 N–H and O–H groups in total. The average Bonchev–Trinajstić information content (AvgIpc) is 2.18. The van der Waals surface area contributed by atoms with E-state index < -0.39 is 17.0 Å². The van der Waals surface area contributed by atoms with Crippen molar-refractivity contribution in [1.82, 2.24) is 0 Å². The van der Waals surface area contributed by atoms with Gasteiger partial charge in [0.1, 0.15) is 10.5 Å². The van der Waals surface area contributed by atoms with Crippen LogP contribution in [0.5, 0.6) is 0 Å². The van der Waals surface area contributed by atoms with Gasteiger partial charge >= 0.3 is 17.0 Å². The van der Waals surface area contributed by atoms with Crippen molar-refractivity contribution >= 4 is 32.7 Å². The Kier molecular flexibility index (Phi) is 3.23. The van der Waals surface area contributed by atoms with E-state index >= 15 is 0 Å². The molecular weight excluding hydrogens is 204 g/mol. The molecule has 0 aliphatic heterocycles. The predicted molar refractivity (Wildman–Crippen MR) is 52.9 cm³/mol. The maximum Gasteiger partial charge on any atom is 0.401 e. The first-order chi connectivity index (χ1) is 5.73. The van der Waals surface area contributed by atoms with Crippen molar-refractivity contribution in [2.75, 3.05) is 0 Å². The summed E-state index contributed by atoms with van der Waals surface area (Å²) in [6.07, 6.45) is 0. The van der Waals surface area contributed by atoms with Crippen LogP contribution in [0, 0.1) is 0 Å². The lowest BCUT2D eigenvalue weighted by Gasteiger charge is -2.15. The third-order valence-electron chi connectivity index (χ3n) is 1.66. The molecule has 0 heterocycles. The van der Waals surface area contributed by atoms with Gasteiger partial charge in [0.25, 0.3) is 0 Å². The van der Waals surface area contributed by atoms with Gasteiger partial charge in [0.15, 0.2) is 0 Å². The lowest BCUT2D eigenvalue weighted by Crippen LogP contribution is -2.53. The molecule has 1 aromatic carbocycles. The standard InChI is InChI=1S/C6H10O3Si3/c7-11-12(8,9-10)6-4-2-1-3-5-6/h1-5,8,11H,10H3. The Hall–Kier alpha value is -0.409. The molecule has 0 spiro atoms. The highest BCUT2D eigenvalue weighted by Gasteiger charge is 2.34. The van der Waals surface area contributed by atoms with Crippen LogP contribution in [-0.4, -0.2) is 32.3 Å². The van der Waals surface area contributed by atoms with Crippen LogP contribution in [0.4, 0.5) is 0 Å². The molecule has 0 saturated carbocycles. The zero-order chi connectivity index (χ0) is 9.03. The van der Waals surface area contributed by atoms with Crippen molar-refractivity contribution in [2.24, 2.45) is 0 Å². The molecular formula is C6H10O3Si3. The van der Waals surface area contributed by atoms with E-state index in [0.29, 0.717) is 15.7 Å². The lowest BCUT2D eigenvalue weighted by molar-refractivity contribution is 0.433. The Morgan fingerprint density at radius 1 is 1.42 bits per heavy atom. The highest BCUT2D eigenvalue weighted by atomic mass is 29.2. The molecule has 6 heteroatoms. The summed E-state index contributed by atoms with van der Waals surface area (Å²) >= 11 is 0. The van der Waals surface area contributed by atoms with Crippen LogP contribution in [0.25, 0.3) is 0 Å². The molecule has 0 saturated heterocycles. The van der Waals surface area contributed by atoms with Crippen LogP contribution in [0.1, 0.15) is 0 Å². The number of hydrogen-bond acceptors (Lipinski definition) is 3. The van der Waals surface area contributed by atoms with Gasteiger partial charge in [-0.3, -0.25) is 0 Å². The second kappa shape index (κ2) is 4.01. The highest BCUT2D eigenvalue weighted by Crippen LogP contribution is 1.95. The minimum Gasteiger partial charge on any atom is -0.440 e. The van der Waals surface area contributed by atoms with Gasteiger partial charge in [0, 0.05) is 0 Å². The van der Waals surface area contributed by atoms with Gasteiger partial charge in [-0.2, -0.15) is 0 Å². The summed E-state index contributed by atoms with van der Waals surface area (Å²) in [5, 5.41) is 0.699. The van der Waals surface area contributed by atoms with Crippen molar-refractivity contribution in [3.63, 3.8) is 0 Å². The first-order valence-electron chi connectivity index (χ1n) is 3.52. The van der Waals surface area contributed by atoms with Crippen molar-refractivity contribution in [3.05, 3.63) is 30.3 Å². The van der Waals surface area contributed by atoms with Gasteiger partial charge in [-0.05, 0) is 5.19 Å². The van der Waals surface area contributed by atoms with Crippen molar-refractivity contribution in [2.45, 2.75) is 0 Å². The molecule has 3 nitrogen and oxygen atoms in total. The summed E-state index contributed by atoms with van der Waals surface area (Å²) in [5.41, 5.74) is 0. The molecule has 0 bridgehead atoms. The Labute approximate surface area is 76.9 Å². The lowest BCUT2D eigenvalue weighted by atomic mass is 10.4. The second-order valence-electron chi connectivity index (χ2n) is 2.38. The zero-order valence-corrected chi connectivity index (χ0v) is 10.9. The molecule has 0 radical (unpaired) electrons. The van der Waals surface area contributed by atoms with E-state index in [2.05, 4.69) is 0 Å². The van der Waals surface area contributed by atoms with Gasteiger partial charge in [-0.15, -0.1) is 0 Å². The Balaban J connectivity index is 3.03. The van der Waals surface area contributed by atoms with Crippen LogP contribution < -0.4 is 5.19 Å². The second-order valence-corrected chi connectivity index (χ2v) is 9.28. The van der Waals surface area contributed by atoms with Crippen LogP contribution in [0.3, 0.4) is 0 Å². The van der Waals surface area contributed by atoms with Crippen LogP contribution in [-0.2, 0) is 8.58 Å². The van der Waals surface area contributed by atoms with Crippen LogP contribution in [0.2, 0.25) is 0 Å². The molecule has 64 valence electrons. The van der Waals surface area contributed by atoms with E-state index in [9.17, 15) is 9.26 Å². The van der Waals surface area contributed by atoms with E-state index in [1.807, 2.05) is 18.2 Å². The highest BCUT2D eigenvalue weighted by molar-refractivity contribution is 7.19. The third kappa shape index (κ3) is 1.84. The Morgan fingerprint density at radius 3 is 2.42 bits per heavy atom. The van der Waals surface area contributed by atoms with E-state index in [-0.39, 0.29) is 0 Å². The molecule has 0 aliphatic carbocycles. The molecule has 0 fully saturated rings. The van der Waals surface area contributed by atoms with E-state index in [4.69, 9.17) is 4.12 Å². The largest absolute Gasteiger partial charge is 0.440 e. The molecule has 1 unspecified atom stereocenters. The first kappa shape index (κ1) is 9.68.